The number of para-hydroxylation sites is 2. The van der Waals surface area contributed by atoms with Crippen molar-refractivity contribution in [1.82, 2.24) is 5.32 Å². The summed E-state index contributed by atoms with van der Waals surface area (Å²) >= 11 is 0. The summed E-state index contributed by atoms with van der Waals surface area (Å²) in [5, 5.41) is 3.13. The second-order valence-electron chi connectivity index (χ2n) is 4.59. The van der Waals surface area contributed by atoms with Crippen LogP contribution in [0.3, 0.4) is 0 Å². The molecular weight excluding hydrogens is 258 g/mol. The Hall–Kier alpha value is -1.75. The zero-order valence-corrected chi connectivity index (χ0v) is 12.5. The molecule has 0 bridgehead atoms. The average Bonchev–Trinajstić information content (AvgIpc) is 2.43. The highest BCUT2D eigenvalue weighted by molar-refractivity contribution is 5.76. The maximum Gasteiger partial charge on any atom is 0.326 e. The van der Waals surface area contributed by atoms with Crippen molar-refractivity contribution >= 4 is 5.97 Å². The molecule has 0 saturated carbocycles. The molecule has 0 radical (unpaired) electrons. The van der Waals surface area contributed by atoms with Gasteiger partial charge in [0.05, 0.1) is 13.7 Å². The zero-order chi connectivity index (χ0) is 15.0. The Morgan fingerprint density at radius 3 is 2.45 bits per heavy atom. The highest BCUT2D eigenvalue weighted by Crippen LogP contribution is 2.25. The number of hydrogen-bond donors (Lipinski definition) is 1. The van der Waals surface area contributed by atoms with Crippen LogP contribution >= 0.6 is 0 Å². The molecule has 1 unspecified atom stereocenters. The van der Waals surface area contributed by atoms with Crippen LogP contribution in [-0.4, -0.2) is 38.4 Å². The smallest absolute Gasteiger partial charge is 0.326 e. The predicted molar refractivity (Wildman–Crippen MR) is 77.2 cm³/mol. The average molecular weight is 281 g/mol. The van der Waals surface area contributed by atoms with Crippen molar-refractivity contribution in [3.63, 3.8) is 0 Å². The monoisotopic (exact) mass is 281 g/mol. The lowest BCUT2D eigenvalue weighted by Crippen LogP contribution is -2.45. The molecule has 0 aromatic heterocycles. The normalized spacial score (nSPS) is 12.1. The molecule has 1 aromatic rings. The molecule has 1 aromatic carbocycles. The van der Waals surface area contributed by atoms with Gasteiger partial charge >= 0.3 is 5.97 Å². The lowest BCUT2D eigenvalue weighted by atomic mass is 10.2. The first-order valence-electron chi connectivity index (χ1n) is 6.77. The third-order valence-electron chi connectivity index (χ3n) is 2.58. The molecule has 0 aliphatic heterocycles. The fraction of sp³-hybridized carbons (Fsp3) is 0.533. The van der Waals surface area contributed by atoms with Gasteiger partial charge in [-0.05, 0) is 19.1 Å². The van der Waals surface area contributed by atoms with Gasteiger partial charge < -0.3 is 14.2 Å². The largest absolute Gasteiger partial charge is 0.493 e. The minimum absolute atomic E-state index is 0.158. The van der Waals surface area contributed by atoms with Crippen molar-refractivity contribution in [3.05, 3.63) is 24.3 Å². The van der Waals surface area contributed by atoms with Gasteiger partial charge in [-0.1, -0.05) is 26.0 Å². The van der Waals surface area contributed by atoms with E-state index in [4.69, 9.17) is 14.2 Å². The first-order valence-corrected chi connectivity index (χ1v) is 6.77. The van der Waals surface area contributed by atoms with E-state index in [0.29, 0.717) is 18.1 Å². The van der Waals surface area contributed by atoms with E-state index < -0.39 is 6.04 Å². The molecule has 1 rings (SSSR count). The van der Waals surface area contributed by atoms with Crippen LogP contribution in [-0.2, 0) is 9.53 Å². The van der Waals surface area contributed by atoms with Gasteiger partial charge in [0.25, 0.3) is 0 Å². The number of hydrogen-bond acceptors (Lipinski definition) is 5. The Morgan fingerprint density at radius 1 is 1.25 bits per heavy atom. The molecule has 0 heterocycles. The molecule has 1 N–H and O–H groups in total. The van der Waals surface area contributed by atoms with Crippen LogP contribution in [0.25, 0.3) is 0 Å². The van der Waals surface area contributed by atoms with Crippen LogP contribution in [0, 0.1) is 0 Å². The summed E-state index contributed by atoms with van der Waals surface area (Å²) in [7, 11) is 1.58. The van der Waals surface area contributed by atoms with Gasteiger partial charge in [0.1, 0.15) is 12.6 Å². The lowest BCUT2D eigenvalue weighted by Gasteiger charge is -2.20. The molecule has 0 aliphatic rings. The van der Waals surface area contributed by atoms with Crippen LogP contribution in [0.2, 0.25) is 0 Å². The molecule has 1 atom stereocenters. The minimum Gasteiger partial charge on any atom is -0.493 e. The summed E-state index contributed by atoms with van der Waals surface area (Å²) in [6.45, 7) is 6.26. The van der Waals surface area contributed by atoms with E-state index in [-0.39, 0.29) is 18.6 Å². The number of rotatable bonds is 8. The number of esters is 1. The summed E-state index contributed by atoms with van der Waals surface area (Å²) in [5.74, 6) is 0.936. The van der Waals surface area contributed by atoms with E-state index >= 15 is 0 Å². The van der Waals surface area contributed by atoms with E-state index in [2.05, 4.69) is 5.32 Å². The van der Waals surface area contributed by atoms with Gasteiger partial charge in [0, 0.05) is 6.04 Å². The van der Waals surface area contributed by atoms with Crippen molar-refractivity contribution in [2.45, 2.75) is 32.9 Å². The van der Waals surface area contributed by atoms with Gasteiger partial charge in [-0.25, -0.2) is 0 Å². The van der Waals surface area contributed by atoms with E-state index in [1.807, 2.05) is 32.0 Å². The third kappa shape index (κ3) is 5.09. The van der Waals surface area contributed by atoms with E-state index in [1.165, 1.54) is 0 Å². The SMILES string of the molecule is CCOC(=O)C(COc1ccccc1OC)NC(C)C. The molecule has 112 valence electrons. The molecule has 0 aliphatic carbocycles. The number of benzene rings is 1. The fourth-order valence-electron chi connectivity index (χ4n) is 1.74. The Labute approximate surface area is 120 Å². The van der Waals surface area contributed by atoms with Crippen molar-refractivity contribution in [2.75, 3.05) is 20.3 Å². The molecule has 0 fully saturated rings. The van der Waals surface area contributed by atoms with Gasteiger partial charge in [0.2, 0.25) is 0 Å². The molecule has 0 amide bonds. The van der Waals surface area contributed by atoms with Gasteiger partial charge in [-0.2, -0.15) is 0 Å². The second kappa shape index (κ2) is 8.43. The van der Waals surface area contributed by atoms with Crippen LogP contribution in [0.15, 0.2) is 24.3 Å². The number of methoxy groups -OCH3 is 1. The standard InChI is InChI=1S/C15H23NO4/c1-5-19-15(17)12(16-11(2)3)10-20-14-9-7-6-8-13(14)18-4/h6-9,11-12,16H,5,10H2,1-4H3. The molecule has 0 spiro atoms. The summed E-state index contributed by atoms with van der Waals surface area (Å²) in [6, 6.07) is 6.99. The first-order chi connectivity index (χ1) is 9.58. The van der Waals surface area contributed by atoms with Crippen LogP contribution in [0.1, 0.15) is 20.8 Å². The molecule has 5 nitrogen and oxygen atoms in total. The number of ether oxygens (including phenoxy) is 3. The van der Waals surface area contributed by atoms with E-state index in [1.54, 1.807) is 20.1 Å². The van der Waals surface area contributed by atoms with Crippen molar-refractivity contribution in [2.24, 2.45) is 0 Å². The number of carbonyl (C=O) groups is 1. The molecule has 5 heteroatoms. The third-order valence-corrected chi connectivity index (χ3v) is 2.58. The Balaban J connectivity index is 2.67. The molecular formula is C15H23NO4. The minimum atomic E-state index is -0.500. The van der Waals surface area contributed by atoms with Crippen LogP contribution in [0.5, 0.6) is 11.5 Å². The van der Waals surface area contributed by atoms with Crippen LogP contribution < -0.4 is 14.8 Å². The van der Waals surface area contributed by atoms with Gasteiger partial charge in [-0.15, -0.1) is 0 Å². The second-order valence-corrected chi connectivity index (χ2v) is 4.59. The van der Waals surface area contributed by atoms with Gasteiger partial charge in [-0.3, -0.25) is 10.1 Å². The summed E-state index contributed by atoms with van der Waals surface area (Å²) in [6.07, 6.45) is 0. The Bertz CT molecular complexity index is 420. The summed E-state index contributed by atoms with van der Waals surface area (Å²) in [4.78, 5) is 11.9. The molecule has 0 saturated heterocycles. The van der Waals surface area contributed by atoms with Crippen LogP contribution in [0.4, 0.5) is 0 Å². The van der Waals surface area contributed by atoms with Crippen molar-refractivity contribution < 1.29 is 19.0 Å². The maximum absolute atomic E-state index is 11.9. The number of nitrogens with one attached hydrogen (secondary N) is 1. The fourth-order valence-corrected chi connectivity index (χ4v) is 1.74. The lowest BCUT2D eigenvalue weighted by molar-refractivity contribution is -0.146. The maximum atomic E-state index is 11.9. The summed E-state index contributed by atoms with van der Waals surface area (Å²) in [5.41, 5.74) is 0. The summed E-state index contributed by atoms with van der Waals surface area (Å²) < 4.78 is 15.9. The van der Waals surface area contributed by atoms with E-state index in [0.717, 1.165) is 0 Å². The quantitative estimate of drug-likeness (QED) is 0.739. The highest BCUT2D eigenvalue weighted by Gasteiger charge is 2.21. The van der Waals surface area contributed by atoms with Crippen molar-refractivity contribution in [1.29, 1.82) is 0 Å². The Morgan fingerprint density at radius 2 is 1.90 bits per heavy atom. The molecule has 20 heavy (non-hydrogen) atoms. The predicted octanol–water partition coefficient (Wildman–Crippen LogP) is 2.00. The number of carbonyl (C=O) groups excluding carboxylic acids is 1. The van der Waals surface area contributed by atoms with E-state index in [9.17, 15) is 4.79 Å². The highest BCUT2D eigenvalue weighted by atomic mass is 16.5. The van der Waals surface area contributed by atoms with Gasteiger partial charge in [0.15, 0.2) is 11.5 Å². The first kappa shape index (κ1) is 16.3. The topological polar surface area (TPSA) is 56.8 Å². The Kier molecular flexibility index (Phi) is 6.87. The zero-order valence-electron chi connectivity index (χ0n) is 12.5. The van der Waals surface area contributed by atoms with Crippen molar-refractivity contribution in [3.8, 4) is 11.5 Å².